The number of aryl methyl sites for hydroxylation is 2. The van der Waals surface area contributed by atoms with E-state index in [9.17, 15) is 21.6 Å². The lowest BCUT2D eigenvalue weighted by Gasteiger charge is -2.16. The van der Waals surface area contributed by atoms with Crippen molar-refractivity contribution in [3.05, 3.63) is 29.3 Å². The molecule has 0 unspecified atom stereocenters. The molecule has 0 aliphatic heterocycles. The van der Waals surface area contributed by atoms with Crippen molar-refractivity contribution in [1.29, 1.82) is 0 Å². The second-order valence-corrected chi connectivity index (χ2v) is 6.27. The van der Waals surface area contributed by atoms with Crippen LogP contribution in [-0.2, 0) is 27.7 Å². The van der Waals surface area contributed by atoms with Gasteiger partial charge in [-0.15, -0.1) is 0 Å². The lowest BCUT2D eigenvalue weighted by atomic mass is 9.92. The van der Waals surface area contributed by atoms with Crippen LogP contribution in [0.5, 0.6) is 0 Å². The molecular formula is C12H14F3NO3S. The largest absolute Gasteiger partial charge is 0.413 e. The van der Waals surface area contributed by atoms with Gasteiger partial charge >= 0.3 is 6.18 Å². The molecule has 0 radical (unpaired) electrons. The monoisotopic (exact) mass is 309 g/mol. The van der Waals surface area contributed by atoms with Crippen LogP contribution < -0.4 is 4.89 Å². The Balaban J connectivity index is 2.09. The minimum Gasteiger partial charge on any atom is -0.277 e. The highest BCUT2D eigenvalue weighted by Gasteiger charge is 2.29. The number of fused-ring (bicyclic) bond motifs is 1. The Morgan fingerprint density at radius 3 is 2.45 bits per heavy atom. The highest BCUT2D eigenvalue weighted by atomic mass is 32.2. The Labute approximate surface area is 114 Å². The van der Waals surface area contributed by atoms with Crippen LogP contribution in [0.25, 0.3) is 0 Å². The number of sulfonamides is 1. The van der Waals surface area contributed by atoms with Gasteiger partial charge in [0, 0.05) is 0 Å². The summed E-state index contributed by atoms with van der Waals surface area (Å²) in [6, 6.07) is 4.57. The molecule has 1 aromatic rings. The van der Waals surface area contributed by atoms with Gasteiger partial charge in [0.1, 0.15) is 0 Å². The number of alkyl halides is 3. The van der Waals surface area contributed by atoms with Crippen molar-refractivity contribution in [2.45, 2.75) is 36.8 Å². The van der Waals surface area contributed by atoms with Gasteiger partial charge in [0.05, 0.1) is 4.90 Å². The fourth-order valence-electron chi connectivity index (χ4n) is 2.11. The van der Waals surface area contributed by atoms with Gasteiger partial charge in [-0.25, -0.2) is 8.42 Å². The molecule has 1 N–H and O–H groups in total. The van der Waals surface area contributed by atoms with Gasteiger partial charge in [-0.2, -0.15) is 13.2 Å². The van der Waals surface area contributed by atoms with Crippen LogP contribution in [0.3, 0.4) is 0 Å². The predicted octanol–water partition coefficient (Wildman–Crippen LogP) is 2.34. The smallest absolute Gasteiger partial charge is 0.277 e. The molecule has 1 aromatic carbocycles. The highest BCUT2D eigenvalue weighted by Crippen LogP contribution is 2.24. The summed E-state index contributed by atoms with van der Waals surface area (Å²) in [5, 5.41) is 0. The summed E-state index contributed by atoms with van der Waals surface area (Å²) in [6.45, 7) is -1.67. The Bertz CT molecular complexity index is 584. The predicted molar refractivity (Wildman–Crippen MR) is 65.4 cm³/mol. The van der Waals surface area contributed by atoms with E-state index in [4.69, 9.17) is 0 Å². The maximum absolute atomic E-state index is 11.9. The number of halogens is 3. The van der Waals surface area contributed by atoms with Gasteiger partial charge in [-0.1, -0.05) is 11.0 Å². The van der Waals surface area contributed by atoms with Gasteiger partial charge in [-0.3, -0.25) is 4.84 Å². The molecule has 4 nitrogen and oxygen atoms in total. The molecule has 20 heavy (non-hydrogen) atoms. The van der Waals surface area contributed by atoms with Crippen molar-refractivity contribution in [1.82, 2.24) is 4.89 Å². The summed E-state index contributed by atoms with van der Waals surface area (Å²) in [5.74, 6) is 0. The van der Waals surface area contributed by atoms with Crippen molar-refractivity contribution in [3.63, 3.8) is 0 Å². The normalized spacial score (nSPS) is 15.9. The third-order valence-electron chi connectivity index (χ3n) is 3.03. The Hall–Kier alpha value is -1.12. The minimum atomic E-state index is -4.58. The van der Waals surface area contributed by atoms with E-state index in [0.29, 0.717) is 0 Å². The second kappa shape index (κ2) is 5.71. The number of rotatable bonds is 4. The maximum Gasteiger partial charge on any atom is 0.413 e. The standard InChI is InChI=1S/C12H14F3NO3S/c13-12(14,15)8-19-16-20(17,18)11-6-5-9-3-1-2-4-10(9)7-11/h5-7,16H,1-4,8H2. The third-order valence-corrected chi connectivity index (χ3v) is 4.25. The van der Waals surface area contributed by atoms with E-state index in [0.717, 1.165) is 36.8 Å². The summed E-state index contributed by atoms with van der Waals surface area (Å²) in [6.07, 6.45) is -0.866. The quantitative estimate of drug-likeness (QED) is 0.869. The van der Waals surface area contributed by atoms with Crippen LogP contribution in [0.15, 0.2) is 23.1 Å². The first-order valence-corrected chi connectivity index (χ1v) is 7.58. The summed E-state index contributed by atoms with van der Waals surface area (Å²) in [4.78, 5) is 5.41. The van der Waals surface area contributed by atoms with Crippen molar-refractivity contribution in [2.75, 3.05) is 6.61 Å². The van der Waals surface area contributed by atoms with Crippen LogP contribution in [0.1, 0.15) is 24.0 Å². The zero-order chi connectivity index (χ0) is 14.8. The van der Waals surface area contributed by atoms with Gasteiger partial charge in [0.2, 0.25) is 0 Å². The number of hydrogen-bond donors (Lipinski definition) is 1. The van der Waals surface area contributed by atoms with Crippen molar-refractivity contribution in [3.8, 4) is 0 Å². The van der Waals surface area contributed by atoms with Crippen LogP contribution in [0.4, 0.5) is 13.2 Å². The molecule has 0 atom stereocenters. The van der Waals surface area contributed by atoms with Gasteiger partial charge < -0.3 is 0 Å². The van der Waals surface area contributed by atoms with E-state index in [1.54, 1.807) is 6.07 Å². The van der Waals surface area contributed by atoms with Crippen LogP contribution >= 0.6 is 0 Å². The number of nitrogens with one attached hydrogen (secondary N) is 1. The highest BCUT2D eigenvalue weighted by molar-refractivity contribution is 7.89. The average Bonchev–Trinajstić information content (AvgIpc) is 2.36. The second-order valence-electron chi connectivity index (χ2n) is 4.63. The van der Waals surface area contributed by atoms with E-state index < -0.39 is 22.8 Å². The lowest BCUT2D eigenvalue weighted by Crippen LogP contribution is -2.29. The molecule has 2 rings (SSSR count). The summed E-state index contributed by atoms with van der Waals surface area (Å²) in [7, 11) is -4.09. The molecule has 0 bridgehead atoms. The molecule has 1 aliphatic rings. The molecule has 0 aromatic heterocycles. The molecule has 0 spiro atoms. The third kappa shape index (κ3) is 3.94. The fraction of sp³-hybridized carbons (Fsp3) is 0.500. The Morgan fingerprint density at radius 2 is 1.80 bits per heavy atom. The maximum atomic E-state index is 11.9. The summed E-state index contributed by atoms with van der Waals surface area (Å²) in [5.41, 5.74) is 2.02. The van der Waals surface area contributed by atoms with E-state index in [-0.39, 0.29) is 4.90 Å². The molecule has 0 heterocycles. The molecule has 112 valence electrons. The topological polar surface area (TPSA) is 55.4 Å². The molecule has 8 heteroatoms. The van der Waals surface area contributed by atoms with Gasteiger partial charge in [-0.05, 0) is 48.9 Å². The van der Waals surface area contributed by atoms with Gasteiger partial charge in [0.15, 0.2) is 6.61 Å². The molecule has 0 fully saturated rings. The summed E-state index contributed by atoms with van der Waals surface area (Å²) >= 11 is 0. The zero-order valence-electron chi connectivity index (χ0n) is 10.5. The van der Waals surface area contributed by atoms with Gasteiger partial charge in [0.25, 0.3) is 10.0 Å². The lowest BCUT2D eigenvalue weighted by molar-refractivity contribution is -0.181. The van der Waals surface area contributed by atoms with E-state index in [1.165, 1.54) is 17.0 Å². The molecule has 0 saturated carbocycles. The van der Waals surface area contributed by atoms with E-state index in [1.807, 2.05) is 0 Å². The SMILES string of the molecule is O=S(=O)(NOCC(F)(F)F)c1ccc2c(c1)CCCC2. The van der Waals surface area contributed by atoms with Crippen LogP contribution in [0, 0.1) is 0 Å². The minimum absolute atomic E-state index is 0.0830. The van der Waals surface area contributed by atoms with E-state index >= 15 is 0 Å². The Kier molecular flexibility index (Phi) is 4.36. The number of benzene rings is 1. The molecular weight excluding hydrogens is 295 g/mol. The van der Waals surface area contributed by atoms with Crippen molar-refractivity contribution in [2.24, 2.45) is 0 Å². The fourth-order valence-corrected chi connectivity index (χ4v) is 2.97. The summed E-state index contributed by atoms with van der Waals surface area (Å²) < 4.78 is 59.3. The number of hydrogen-bond acceptors (Lipinski definition) is 3. The first kappa shape index (κ1) is 15.3. The molecule has 0 saturated heterocycles. The van der Waals surface area contributed by atoms with E-state index in [2.05, 4.69) is 4.84 Å². The van der Waals surface area contributed by atoms with Crippen LogP contribution in [-0.4, -0.2) is 21.2 Å². The van der Waals surface area contributed by atoms with Crippen LogP contribution in [0.2, 0.25) is 0 Å². The first-order valence-electron chi connectivity index (χ1n) is 6.10. The first-order chi connectivity index (χ1) is 9.28. The zero-order valence-corrected chi connectivity index (χ0v) is 11.4. The molecule has 1 aliphatic carbocycles. The van der Waals surface area contributed by atoms with Crippen molar-refractivity contribution < 1.29 is 26.4 Å². The Morgan fingerprint density at radius 1 is 1.15 bits per heavy atom. The molecule has 0 amide bonds. The van der Waals surface area contributed by atoms with Crippen molar-refractivity contribution >= 4 is 10.0 Å². The average molecular weight is 309 g/mol.